The van der Waals surface area contributed by atoms with Gasteiger partial charge in [-0.2, -0.15) is 8.42 Å². The van der Waals surface area contributed by atoms with Crippen molar-refractivity contribution in [2.45, 2.75) is 0 Å². The van der Waals surface area contributed by atoms with Gasteiger partial charge in [0.2, 0.25) is 0 Å². The van der Waals surface area contributed by atoms with E-state index in [2.05, 4.69) is 20.4 Å². The van der Waals surface area contributed by atoms with Crippen LogP contribution in [-0.4, -0.2) is 13.0 Å². The highest BCUT2D eigenvalue weighted by atomic mass is 79.9. The van der Waals surface area contributed by atoms with Crippen LogP contribution in [0.15, 0.2) is 0 Å². The third-order valence-electron chi connectivity index (χ3n) is 0.137. The molecule has 0 atom stereocenters. The van der Waals surface area contributed by atoms with E-state index in [1.807, 2.05) is 0 Å². The first-order chi connectivity index (χ1) is 3.06. The maximum Gasteiger partial charge on any atom is 0.414 e. The van der Waals surface area contributed by atoms with Gasteiger partial charge in [0.1, 0.15) is 0 Å². The normalized spacial score (nSPS) is 11.7. The SMILES string of the molecule is O=S(=O)(O)ONBr. The molecular formula is H2BrNO4S. The largest absolute Gasteiger partial charge is 0.414 e. The standard InChI is InChI=1S/BrH2NO4S/c1-2-6-7(3,4)5/h2H,(H,3,4,5). The van der Waals surface area contributed by atoms with Gasteiger partial charge in [-0.05, 0) is 0 Å². The Morgan fingerprint density at radius 1 is 1.71 bits per heavy atom. The monoisotopic (exact) mass is 191 g/mol. The molecule has 0 aliphatic heterocycles. The summed E-state index contributed by atoms with van der Waals surface area (Å²) in [5.41, 5.74) is 0. The maximum atomic E-state index is 9.47. The van der Waals surface area contributed by atoms with Crippen molar-refractivity contribution in [1.82, 2.24) is 4.51 Å². The van der Waals surface area contributed by atoms with Gasteiger partial charge >= 0.3 is 10.4 Å². The van der Waals surface area contributed by atoms with Gasteiger partial charge in [-0.15, -0.1) is 8.79 Å². The molecule has 0 unspecified atom stereocenters. The quantitative estimate of drug-likeness (QED) is 0.354. The van der Waals surface area contributed by atoms with Crippen LogP contribution in [0, 0.1) is 0 Å². The van der Waals surface area contributed by atoms with Crippen molar-refractivity contribution in [3.8, 4) is 0 Å². The van der Waals surface area contributed by atoms with Crippen molar-refractivity contribution >= 4 is 26.5 Å². The molecule has 0 fully saturated rings. The average molecular weight is 192 g/mol. The molecule has 0 radical (unpaired) electrons. The molecule has 0 saturated heterocycles. The summed E-state index contributed by atoms with van der Waals surface area (Å²) in [6.07, 6.45) is 0. The summed E-state index contributed by atoms with van der Waals surface area (Å²) in [6.45, 7) is 0. The third kappa shape index (κ3) is 6.31. The van der Waals surface area contributed by atoms with Crippen molar-refractivity contribution < 1.29 is 17.3 Å². The minimum atomic E-state index is -4.33. The summed E-state index contributed by atoms with van der Waals surface area (Å²) >= 11 is 2.37. The second kappa shape index (κ2) is 2.58. The fourth-order valence-electron chi connectivity index (χ4n) is 0.0398. The minimum absolute atomic E-state index is 1.58. The van der Waals surface area contributed by atoms with Crippen LogP contribution in [0.1, 0.15) is 0 Å². The van der Waals surface area contributed by atoms with Gasteiger partial charge in [-0.25, -0.2) is 0 Å². The van der Waals surface area contributed by atoms with Crippen LogP contribution in [-0.2, 0) is 14.7 Å². The molecular weight excluding hydrogens is 190 g/mol. The molecule has 0 aliphatic carbocycles. The predicted molar refractivity (Wildman–Crippen MR) is 24.7 cm³/mol. The lowest BCUT2D eigenvalue weighted by molar-refractivity contribution is 0.248. The van der Waals surface area contributed by atoms with E-state index in [4.69, 9.17) is 4.55 Å². The van der Waals surface area contributed by atoms with Crippen molar-refractivity contribution in [3.05, 3.63) is 0 Å². The van der Waals surface area contributed by atoms with Crippen LogP contribution in [0.5, 0.6) is 0 Å². The average Bonchev–Trinajstić information content (AvgIpc) is 1.30. The maximum absolute atomic E-state index is 9.47. The Morgan fingerprint density at radius 2 is 2.14 bits per heavy atom. The topological polar surface area (TPSA) is 75.6 Å². The van der Waals surface area contributed by atoms with Crippen LogP contribution in [0.2, 0.25) is 0 Å². The lowest BCUT2D eigenvalue weighted by atomic mass is 13.6. The summed E-state index contributed by atoms with van der Waals surface area (Å²) in [4.78, 5) is 0. The van der Waals surface area contributed by atoms with Crippen molar-refractivity contribution in [2.75, 3.05) is 0 Å². The van der Waals surface area contributed by atoms with Gasteiger partial charge < -0.3 is 0 Å². The Labute approximate surface area is 48.9 Å². The first kappa shape index (κ1) is 7.31. The van der Waals surface area contributed by atoms with Gasteiger partial charge in [0.15, 0.2) is 0 Å². The van der Waals surface area contributed by atoms with Gasteiger partial charge in [0.25, 0.3) is 0 Å². The summed E-state index contributed by atoms with van der Waals surface area (Å²) in [6, 6.07) is 0. The second-order valence-electron chi connectivity index (χ2n) is 0.588. The molecule has 0 heterocycles. The lowest BCUT2D eigenvalue weighted by Gasteiger charge is -1.87. The molecule has 0 rings (SSSR count). The van der Waals surface area contributed by atoms with E-state index in [-0.39, 0.29) is 0 Å². The molecule has 5 nitrogen and oxygen atoms in total. The molecule has 0 aliphatic rings. The number of hydrogen-bond acceptors (Lipinski definition) is 4. The third-order valence-corrected chi connectivity index (χ3v) is 0.807. The smallest absolute Gasteiger partial charge is 0.262 e. The van der Waals surface area contributed by atoms with Gasteiger partial charge in [0.05, 0.1) is 0 Å². The zero-order valence-electron chi connectivity index (χ0n) is 2.96. The summed E-state index contributed by atoms with van der Waals surface area (Å²) < 4.78 is 31.6. The van der Waals surface area contributed by atoms with Crippen molar-refractivity contribution in [3.63, 3.8) is 0 Å². The zero-order chi connectivity index (χ0) is 5.91. The molecule has 44 valence electrons. The van der Waals surface area contributed by atoms with E-state index in [1.54, 1.807) is 4.51 Å². The molecule has 0 bridgehead atoms. The van der Waals surface area contributed by atoms with Gasteiger partial charge in [0, 0.05) is 16.1 Å². The molecule has 0 saturated carbocycles. The Morgan fingerprint density at radius 3 is 2.14 bits per heavy atom. The van der Waals surface area contributed by atoms with Crippen LogP contribution in [0.3, 0.4) is 0 Å². The van der Waals surface area contributed by atoms with Gasteiger partial charge in [-0.1, -0.05) is 0 Å². The Bertz CT molecular complexity index is 125. The van der Waals surface area contributed by atoms with E-state index in [1.165, 1.54) is 0 Å². The van der Waals surface area contributed by atoms with Crippen molar-refractivity contribution in [1.29, 1.82) is 0 Å². The van der Waals surface area contributed by atoms with Crippen LogP contribution in [0.4, 0.5) is 0 Å². The molecule has 0 aromatic rings. The lowest BCUT2D eigenvalue weighted by Crippen LogP contribution is -2.08. The molecule has 7 heteroatoms. The second-order valence-corrected chi connectivity index (χ2v) is 1.93. The molecule has 7 heavy (non-hydrogen) atoms. The number of nitrogens with one attached hydrogen (secondary N) is 1. The Balaban J connectivity index is 3.60. The first-order valence-corrected chi connectivity index (χ1v) is 3.23. The Kier molecular flexibility index (Phi) is 2.69. The molecule has 0 aromatic carbocycles. The van der Waals surface area contributed by atoms with E-state index in [0.717, 1.165) is 0 Å². The molecule has 0 aromatic heterocycles. The highest BCUT2D eigenvalue weighted by Gasteiger charge is 1.99. The van der Waals surface area contributed by atoms with Crippen molar-refractivity contribution in [2.24, 2.45) is 0 Å². The molecule has 0 amide bonds. The van der Waals surface area contributed by atoms with Crippen LogP contribution >= 0.6 is 16.1 Å². The summed E-state index contributed by atoms with van der Waals surface area (Å²) in [5, 5.41) is 0. The predicted octanol–water partition coefficient (Wildman–Crippen LogP) is -0.380. The first-order valence-electron chi connectivity index (χ1n) is 1.08. The van der Waals surface area contributed by atoms with E-state index >= 15 is 0 Å². The van der Waals surface area contributed by atoms with E-state index in [0.29, 0.717) is 0 Å². The van der Waals surface area contributed by atoms with E-state index < -0.39 is 10.4 Å². The fraction of sp³-hybridized carbons (Fsp3) is 0. The summed E-state index contributed by atoms with van der Waals surface area (Å²) in [5.74, 6) is 0. The number of hydrogen-bond donors (Lipinski definition) is 2. The number of halogens is 1. The van der Waals surface area contributed by atoms with Crippen LogP contribution in [0.25, 0.3) is 0 Å². The minimum Gasteiger partial charge on any atom is -0.262 e. The van der Waals surface area contributed by atoms with Gasteiger partial charge in [-0.3, -0.25) is 4.55 Å². The highest BCUT2D eigenvalue weighted by Crippen LogP contribution is 1.80. The van der Waals surface area contributed by atoms with E-state index in [9.17, 15) is 8.42 Å². The fourth-order valence-corrected chi connectivity index (χ4v) is 0.620. The molecule has 2 N–H and O–H groups in total. The van der Waals surface area contributed by atoms with Crippen LogP contribution < -0.4 is 4.51 Å². The highest BCUT2D eigenvalue weighted by molar-refractivity contribution is 9.07. The number of rotatable bonds is 2. The molecule has 0 spiro atoms. The summed E-state index contributed by atoms with van der Waals surface area (Å²) in [7, 11) is -4.33. The zero-order valence-corrected chi connectivity index (χ0v) is 5.36. The Hall–Kier alpha value is 0.310.